The molecule has 0 radical (unpaired) electrons. The zero-order valence-electron chi connectivity index (χ0n) is 15.0. The van der Waals surface area contributed by atoms with Crippen molar-refractivity contribution in [1.29, 1.82) is 0 Å². The SMILES string of the molecule is COc1ccc(C(=O)NC(C)C)cc1COc1ccc(C)c(C)c1. The number of methoxy groups -OCH3 is 1. The lowest BCUT2D eigenvalue weighted by Crippen LogP contribution is -2.30. The van der Waals surface area contributed by atoms with Crippen molar-refractivity contribution >= 4 is 5.91 Å². The average molecular weight is 327 g/mol. The summed E-state index contributed by atoms with van der Waals surface area (Å²) in [5, 5.41) is 2.89. The van der Waals surface area contributed by atoms with Gasteiger partial charge >= 0.3 is 0 Å². The fourth-order valence-electron chi connectivity index (χ4n) is 2.34. The molecule has 0 aliphatic rings. The second-order valence-corrected chi connectivity index (χ2v) is 6.19. The van der Waals surface area contributed by atoms with E-state index in [1.54, 1.807) is 19.2 Å². The first-order valence-electron chi connectivity index (χ1n) is 8.08. The van der Waals surface area contributed by atoms with Gasteiger partial charge in [-0.25, -0.2) is 0 Å². The van der Waals surface area contributed by atoms with Crippen LogP contribution in [0.5, 0.6) is 11.5 Å². The van der Waals surface area contributed by atoms with Crippen molar-refractivity contribution in [1.82, 2.24) is 5.32 Å². The fraction of sp³-hybridized carbons (Fsp3) is 0.350. The predicted octanol–water partition coefficient (Wildman–Crippen LogP) is 4.03. The Morgan fingerprint density at radius 1 is 1.08 bits per heavy atom. The highest BCUT2D eigenvalue weighted by molar-refractivity contribution is 5.94. The third-order valence-electron chi connectivity index (χ3n) is 3.84. The summed E-state index contributed by atoms with van der Waals surface area (Å²) in [5.41, 5.74) is 3.85. The maximum absolute atomic E-state index is 12.2. The van der Waals surface area contributed by atoms with Crippen molar-refractivity contribution < 1.29 is 14.3 Å². The number of hydrogen-bond acceptors (Lipinski definition) is 3. The molecule has 24 heavy (non-hydrogen) atoms. The number of rotatable bonds is 6. The molecule has 4 nitrogen and oxygen atoms in total. The maximum Gasteiger partial charge on any atom is 0.251 e. The highest BCUT2D eigenvalue weighted by atomic mass is 16.5. The molecular formula is C20H25NO3. The van der Waals surface area contributed by atoms with E-state index in [0.717, 1.165) is 11.3 Å². The predicted molar refractivity (Wildman–Crippen MR) is 95.8 cm³/mol. The molecule has 0 bridgehead atoms. The Morgan fingerprint density at radius 3 is 2.46 bits per heavy atom. The molecule has 128 valence electrons. The molecule has 4 heteroatoms. The summed E-state index contributed by atoms with van der Waals surface area (Å²) in [6, 6.07) is 11.5. The second-order valence-electron chi connectivity index (χ2n) is 6.19. The third kappa shape index (κ3) is 4.51. The van der Waals surface area contributed by atoms with E-state index >= 15 is 0 Å². The smallest absolute Gasteiger partial charge is 0.251 e. The molecule has 2 aromatic rings. The van der Waals surface area contributed by atoms with Gasteiger partial charge in [0.2, 0.25) is 0 Å². The summed E-state index contributed by atoms with van der Waals surface area (Å²) in [7, 11) is 1.61. The molecule has 0 spiro atoms. The molecule has 0 fully saturated rings. The minimum absolute atomic E-state index is 0.0924. The van der Waals surface area contributed by atoms with Gasteiger partial charge in [-0.3, -0.25) is 4.79 Å². The van der Waals surface area contributed by atoms with Gasteiger partial charge in [0.25, 0.3) is 5.91 Å². The van der Waals surface area contributed by atoms with Crippen molar-refractivity contribution in [3.05, 3.63) is 58.7 Å². The van der Waals surface area contributed by atoms with E-state index < -0.39 is 0 Å². The van der Waals surface area contributed by atoms with Crippen LogP contribution in [0.1, 0.15) is 40.9 Å². The van der Waals surface area contributed by atoms with Gasteiger partial charge in [0.15, 0.2) is 0 Å². The maximum atomic E-state index is 12.2. The van der Waals surface area contributed by atoms with Crippen LogP contribution in [0.4, 0.5) is 0 Å². The van der Waals surface area contributed by atoms with Crippen LogP contribution in [-0.4, -0.2) is 19.1 Å². The molecule has 0 aliphatic carbocycles. The summed E-state index contributed by atoms with van der Waals surface area (Å²) in [4.78, 5) is 12.2. The highest BCUT2D eigenvalue weighted by Gasteiger charge is 2.12. The van der Waals surface area contributed by atoms with Crippen molar-refractivity contribution in [3.63, 3.8) is 0 Å². The lowest BCUT2D eigenvalue weighted by Gasteiger charge is -2.14. The van der Waals surface area contributed by atoms with E-state index in [1.165, 1.54) is 11.1 Å². The van der Waals surface area contributed by atoms with Crippen LogP contribution in [0.25, 0.3) is 0 Å². The zero-order chi connectivity index (χ0) is 17.7. The van der Waals surface area contributed by atoms with Gasteiger partial charge in [0.1, 0.15) is 18.1 Å². The number of carbonyl (C=O) groups is 1. The summed E-state index contributed by atoms with van der Waals surface area (Å²) in [6.07, 6.45) is 0. The van der Waals surface area contributed by atoms with Crippen LogP contribution in [0.2, 0.25) is 0 Å². The largest absolute Gasteiger partial charge is 0.496 e. The molecule has 0 aromatic heterocycles. The zero-order valence-corrected chi connectivity index (χ0v) is 15.0. The number of carbonyl (C=O) groups excluding carboxylic acids is 1. The summed E-state index contributed by atoms with van der Waals surface area (Å²) in [5.74, 6) is 1.41. The Labute approximate surface area is 143 Å². The number of ether oxygens (including phenoxy) is 2. The lowest BCUT2D eigenvalue weighted by molar-refractivity contribution is 0.0943. The second kappa shape index (κ2) is 7.86. The van der Waals surface area contributed by atoms with Crippen LogP contribution < -0.4 is 14.8 Å². The standard InChI is InChI=1S/C20H25NO3/c1-13(2)21-20(22)16-7-9-19(23-5)17(11-16)12-24-18-8-6-14(3)15(4)10-18/h6-11,13H,12H2,1-5H3,(H,21,22). The summed E-state index contributed by atoms with van der Waals surface area (Å²) < 4.78 is 11.3. The normalized spacial score (nSPS) is 10.6. The first-order valence-corrected chi connectivity index (χ1v) is 8.08. The molecule has 0 unspecified atom stereocenters. The van der Waals surface area contributed by atoms with Gasteiger partial charge in [-0.15, -0.1) is 0 Å². The van der Waals surface area contributed by atoms with Crippen LogP contribution in [-0.2, 0) is 6.61 Å². The van der Waals surface area contributed by atoms with Crippen LogP contribution >= 0.6 is 0 Å². The minimum atomic E-state index is -0.0971. The van der Waals surface area contributed by atoms with E-state index in [4.69, 9.17) is 9.47 Å². The fourth-order valence-corrected chi connectivity index (χ4v) is 2.34. The molecule has 0 aliphatic heterocycles. The monoisotopic (exact) mass is 327 g/mol. The van der Waals surface area contributed by atoms with E-state index in [9.17, 15) is 4.79 Å². The van der Waals surface area contributed by atoms with Gasteiger partial charge < -0.3 is 14.8 Å². The molecule has 1 amide bonds. The van der Waals surface area contributed by atoms with Crippen molar-refractivity contribution in [3.8, 4) is 11.5 Å². The van der Waals surface area contributed by atoms with E-state index in [0.29, 0.717) is 17.9 Å². The molecule has 2 rings (SSSR count). The van der Waals surface area contributed by atoms with Gasteiger partial charge in [-0.2, -0.15) is 0 Å². The summed E-state index contributed by atoms with van der Waals surface area (Å²) in [6.45, 7) is 8.34. The Kier molecular flexibility index (Phi) is 5.85. The third-order valence-corrected chi connectivity index (χ3v) is 3.84. The quantitative estimate of drug-likeness (QED) is 0.871. The molecule has 2 aromatic carbocycles. The van der Waals surface area contributed by atoms with Gasteiger partial charge in [0, 0.05) is 17.2 Å². The van der Waals surface area contributed by atoms with E-state index in [-0.39, 0.29) is 11.9 Å². The molecule has 0 heterocycles. The molecule has 0 atom stereocenters. The number of amides is 1. The van der Waals surface area contributed by atoms with Gasteiger partial charge in [-0.05, 0) is 69.2 Å². The van der Waals surface area contributed by atoms with Crippen molar-refractivity contribution in [2.75, 3.05) is 7.11 Å². The van der Waals surface area contributed by atoms with Crippen molar-refractivity contribution in [2.45, 2.75) is 40.3 Å². The van der Waals surface area contributed by atoms with E-state index in [2.05, 4.69) is 19.2 Å². The first kappa shape index (κ1) is 17.9. The van der Waals surface area contributed by atoms with Gasteiger partial charge in [-0.1, -0.05) is 6.07 Å². The Morgan fingerprint density at radius 2 is 1.83 bits per heavy atom. The Bertz CT molecular complexity index is 723. The first-order chi connectivity index (χ1) is 11.4. The number of nitrogens with one attached hydrogen (secondary N) is 1. The number of hydrogen-bond donors (Lipinski definition) is 1. The molecule has 0 saturated carbocycles. The average Bonchev–Trinajstić information content (AvgIpc) is 2.55. The van der Waals surface area contributed by atoms with Crippen molar-refractivity contribution in [2.24, 2.45) is 0 Å². The minimum Gasteiger partial charge on any atom is -0.496 e. The van der Waals surface area contributed by atoms with Gasteiger partial charge in [0.05, 0.1) is 7.11 Å². The summed E-state index contributed by atoms with van der Waals surface area (Å²) >= 11 is 0. The van der Waals surface area contributed by atoms with E-state index in [1.807, 2.05) is 38.1 Å². The molecule has 1 N–H and O–H groups in total. The highest BCUT2D eigenvalue weighted by Crippen LogP contribution is 2.23. The van der Waals surface area contributed by atoms with Crippen LogP contribution in [0.3, 0.4) is 0 Å². The van der Waals surface area contributed by atoms with Crippen LogP contribution in [0.15, 0.2) is 36.4 Å². The number of aryl methyl sites for hydroxylation is 2. The topological polar surface area (TPSA) is 47.6 Å². The Balaban J connectivity index is 2.18. The Hall–Kier alpha value is -2.49. The molecule has 0 saturated heterocycles. The molecular weight excluding hydrogens is 302 g/mol. The number of benzene rings is 2. The van der Waals surface area contributed by atoms with Crippen LogP contribution in [0, 0.1) is 13.8 Å². The lowest BCUT2D eigenvalue weighted by atomic mass is 10.1.